The second-order valence-corrected chi connectivity index (χ2v) is 4.10. The minimum absolute atomic E-state index is 0.0878. The molecule has 0 saturated carbocycles. The van der Waals surface area contributed by atoms with Gasteiger partial charge in [-0.05, 0) is 25.0 Å². The van der Waals surface area contributed by atoms with Crippen molar-refractivity contribution >= 4 is 17.4 Å². The van der Waals surface area contributed by atoms with Crippen LogP contribution in [0.2, 0.25) is 0 Å². The quantitative estimate of drug-likeness (QED) is 0.753. The van der Waals surface area contributed by atoms with Crippen LogP contribution in [0.5, 0.6) is 0 Å². The summed E-state index contributed by atoms with van der Waals surface area (Å²) in [6.45, 7) is 1.50. The number of nitrogen functional groups attached to an aromatic ring is 1. The topological polar surface area (TPSA) is 85.2 Å². The molecule has 2 heterocycles. The van der Waals surface area contributed by atoms with Gasteiger partial charge >= 0.3 is 0 Å². The van der Waals surface area contributed by atoms with Gasteiger partial charge in [0.15, 0.2) is 5.82 Å². The number of primary amides is 1. The average Bonchev–Trinajstić information content (AvgIpc) is 2.30. The van der Waals surface area contributed by atoms with E-state index < -0.39 is 0 Å². The summed E-state index contributed by atoms with van der Waals surface area (Å²) in [7, 11) is 0. The van der Waals surface area contributed by atoms with Crippen molar-refractivity contribution in [3.63, 3.8) is 0 Å². The Balaban J connectivity index is 2.16. The number of hydrogen-bond donors (Lipinski definition) is 2. The van der Waals surface area contributed by atoms with Crippen molar-refractivity contribution in [3.05, 3.63) is 18.3 Å². The second-order valence-electron chi connectivity index (χ2n) is 4.10. The molecule has 2 rings (SSSR count). The van der Waals surface area contributed by atoms with Gasteiger partial charge < -0.3 is 16.4 Å². The summed E-state index contributed by atoms with van der Waals surface area (Å²) in [6.07, 6.45) is 3.52. The largest absolute Gasteiger partial charge is 0.396 e. The molecular weight excluding hydrogens is 204 g/mol. The summed E-state index contributed by atoms with van der Waals surface area (Å²) < 4.78 is 0. The maximum atomic E-state index is 11.2. The number of carbonyl (C=O) groups excluding carboxylic acids is 1. The Bertz CT molecular complexity index is 393. The van der Waals surface area contributed by atoms with E-state index in [9.17, 15) is 4.79 Å². The molecule has 0 spiro atoms. The lowest BCUT2D eigenvalue weighted by Crippen LogP contribution is -2.41. The molecule has 0 aliphatic carbocycles. The number of piperidine rings is 1. The molecule has 1 aliphatic heterocycles. The maximum absolute atomic E-state index is 11.2. The molecule has 16 heavy (non-hydrogen) atoms. The van der Waals surface area contributed by atoms with Crippen molar-refractivity contribution in [1.29, 1.82) is 0 Å². The number of pyridine rings is 1. The van der Waals surface area contributed by atoms with Gasteiger partial charge in [0, 0.05) is 19.3 Å². The van der Waals surface area contributed by atoms with Crippen LogP contribution in [-0.2, 0) is 4.79 Å². The highest BCUT2D eigenvalue weighted by Crippen LogP contribution is 2.25. The zero-order valence-corrected chi connectivity index (χ0v) is 9.10. The molecule has 5 nitrogen and oxygen atoms in total. The van der Waals surface area contributed by atoms with Gasteiger partial charge in [-0.15, -0.1) is 0 Å². The van der Waals surface area contributed by atoms with E-state index in [0.29, 0.717) is 12.2 Å². The first-order chi connectivity index (χ1) is 7.68. The van der Waals surface area contributed by atoms with Crippen molar-refractivity contribution in [3.8, 4) is 0 Å². The molecule has 0 aromatic carbocycles. The Morgan fingerprint density at radius 2 is 2.38 bits per heavy atom. The van der Waals surface area contributed by atoms with E-state index >= 15 is 0 Å². The first-order valence-electron chi connectivity index (χ1n) is 5.43. The predicted molar refractivity (Wildman–Crippen MR) is 62.8 cm³/mol. The van der Waals surface area contributed by atoms with Gasteiger partial charge in [0.05, 0.1) is 11.6 Å². The zero-order valence-electron chi connectivity index (χ0n) is 9.10. The molecule has 0 bridgehead atoms. The van der Waals surface area contributed by atoms with E-state index in [0.717, 1.165) is 25.2 Å². The lowest BCUT2D eigenvalue weighted by molar-refractivity contribution is -0.122. The molecular formula is C11H16N4O. The minimum atomic E-state index is -0.237. The van der Waals surface area contributed by atoms with Crippen LogP contribution in [0.1, 0.15) is 12.8 Å². The number of anilines is 2. The van der Waals surface area contributed by atoms with Crippen LogP contribution in [0, 0.1) is 5.92 Å². The molecule has 5 heteroatoms. The summed E-state index contributed by atoms with van der Waals surface area (Å²) in [5.74, 6) is 0.433. The highest BCUT2D eigenvalue weighted by atomic mass is 16.1. The first kappa shape index (κ1) is 10.7. The Hall–Kier alpha value is -1.78. The van der Waals surface area contributed by atoms with E-state index in [-0.39, 0.29) is 11.8 Å². The van der Waals surface area contributed by atoms with Crippen LogP contribution in [0.25, 0.3) is 0 Å². The van der Waals surface area contributed by atoms with Gasteiger partial charge in [-0.1, -0.05) is 0 Å². The van der Waals surface area contributed by atoms with Crippen LogP contribution in [0.3, 0.4) is 0 Å². The third kappa shape index (κ3) is 2.08. The normalized spacial score (nSPS) is 20.8. The van der Waals surface area contributed by atoms with Crippen molar-refractivity contribution in [2.75, 3.05) is 23.7 Å². The number of amides is 1. The molecule has 1 unspecified atom stereocenters. The smallest absolute Gasteiger partial charge is 0.222 e. The summed E-state index contributed by atoms with van der Waals surface area (Å²) >= 11 is 0. The molecule has 1 aromatic heterocycles. The zero-order chi connectivity index (χ0) is 11.5. The minimum Gasteiger partial charge on any atom is -0.396 e. The van der Waals surface area contributed by atoms with Crippen molar-refractivity contribution in [2.24, 2.45) is 11.7 Å². The molecule has 1 aromatic rings. The van der Waals surface area contributed by atoms with Crippen LogP contribution < -0.4 is 16.4 Å². The fraction of sp³-hybridized carbons (Fsp3) is 0.455. The highest BCUT2D eigenvalue weighted by Gasteiger charge is 2.25. The van der Waals surface area contributed by atoms with E-state index in [4.69, 9.17) is 11.5 Å². The lowest BCUT2D eigenvalue weighted by Gasteiger charge is -2.32. The predicted octanol–water partition coefficient (Wildman–Crippen LogP) is 0.365. The molecule has 86 valence electrons. The van der Waals surface area contributed by atoms with E-state index in [1.165, 1.54) is 0 Å². The van der Waals surface area contributed by atoms with E-state index in [1.807, 2.05) is 11.0 Å². The number of nitrogens with two attached hydrogens (primary N) is 2. The molecule has 1 atom stereocenters. The Morgan fingerprint density at radius 1 is 1.56 bits per heavy atom. The fourth-order valence-corrected chi connectivity index (χ4v) is 2.08. The molecule has 1 fully saturated rings. The van der Waals surface area contributed by atoms with Crippen molar-refractivity contribution in [1.82, 2.24) is 4.98 Å². The third-order valence-electron chi connectivity index (χ3n) is 2.94. The van der Waals surface area contributed by atoms with Gasteiger partial charge in [0.1, 0.15) is 0 Å². The number of hydrogen-bond acceptors (Lipinski definition) is 4. The van der Waals surface area contributed by atoms with Gasteiger partial charge in [-0.25, -0.2) is 4.98 Å². The first-order valence-corrected chi connectivity index (χ1v) is 5.43. The Morgan fingerprint density at radius 3 is 3.06 bits per heavy atom. The lowest BCUT2D eigenvalue weighted by atomic mass is 9.97. The Labute approximate surface area is 94.4 Å². The summed E-state index contributed by atoms with van der Waals surface area (Å²) in [5, 5.41) is 0. The van der Waals surface area contributed by atoms with Gasteiger partial charge in [-0.2, -0.15) is 0 Å². The molecule has 4 N–H and O–H groups in total. The van der Waals surface area contributed by atoms with Gasteiger partial charge in [0.25, 0.3) is 0 Å². The summed E-state index contributed by atoms with van der Waals surface area (Å²) in [6, 6.07) is 3.62. The standard InChI is InChI=1S/C11H16N4O/c12-9-4-1-5-14-11(9)15-6-2-3-8(7-15)10(13)16/h1,4-5,8H,2-3,6-7,12H2,(H2,13,16). The third-order valence-corrected chi connectivity index (χ3v) is 2.94. The van der Waals surface area contributed by atoms with Crippen LogP contribution in [0.4, 0.5) is 11.5 Å². The highest BCUT2D eigenvalue weighted by molar-refractivity contribution is 5.78. The van der Waals surface area contributed by atoms with Crippen LogP contribution in [-0.4, -0.2) is 24.0 Å². The van der Waals surface area contributed by atoms with E-state index in [1.54, 1.807) is 12.3 Å². The van der Waals surface area contributed by atoms with Crippen LogP contribution >= 0.6 is 0 Å². The van der Waals surface area contributed by atoms with Crippen LogP contribution in [0.15, 0.2) is 18.3 Å². The van der Waals surface area contributed by atoms with Gasteiger partial charge in [-0.3, -0.25) is 4.79 Å². The monoisotopic (exact) mass is 220 g/mol. The Kier molecular flexibility index (Phi) is 2.94. The molecule has 1 saturated heterocycles. The SMILES string of the molecule is NC(=O)C1CCCN(c2ncccc2N)C1. The molecule has 1 aliphatic rings. The number of rotatable bonds is 2. The van der Waals surface area contributed by atoms with Crippen molar-refractivity contribution < 1.29 is 4.79 Å². The fourth-order valence-electron chi connectivity index (χ4n) is 2.08. The average molecular weight is 220 g/mol. The van der Waals surface area contributed by atoms with Gasteiger partial charge in [0.2, 0.25) is 5.91 Å². The summed E-state index contributed by atoms with van der Waals surface area (Å²) in [4.78, 5) is 17.4. The number of aromatic nitrogens is 1. The molecule has 1 amide bonds. The number of nitrogens with zero attached hydrogens (tertiary/aromatic N) is 2. The molecule has 0 radical (unpaired) electrons. The maximum Gasteiger partial charge on any atom is 0.222 e. The second kappa shape index (κ2) is 4.38. The number of carbonyl (C=O) groups is 1. The van der Waals surface area contributed by atoms with Crippen molar-refractivity contribution in [2.45, 2.75) is 12.8 Å². The van der Waals surface area contributed by atoms with E-state index in [2.05, 4.69) is 4.98 Å². The summed E-state index contributed by atoms with van der Waals surface area (Å²) in [5.41, 5.74) is 11.8.